The highest BCUT2D eigenvalue weighted by Crippen LogP contribution is 2.37. The van der Waals surface area contributed by atoms with Crippen LogP contribution in [0.1, 0.15) is 72.8 Å². The molecule has 0 radical (unpaired) electrons. The van der Waals surface area contributed by atoms with E-state index in [0.717, 1.165) is 5.56 Å². The fourth-order valence-electron chi connectivity index (χ4n) is 4.86. The molecule has 0 saturated heterocycles. The minimum Gasteiger partial charge on any atom is -0.511 e. The summed E-state index contributed by atoms with van der Waals surface area (Å²) in [5.74, 6) is 0.376. The third kappa shape index (κ3) is 4.98. The van der Waals surface area contributed by atoms with Crippen LogP contribution in [0.4, 0.5) is 0 Å². The lowest BCUT2D eigenvalue weighted by Gasteiger charge is -2.27. The van der Waals surface area contributed by atoms with E-state index in [9.17, 15) is 19.8 Å². The van der Waals surface area contributed by atoms with Gasteiger partial charge in [0.2, 0.25) is 0 Å². The largest absolute Gasteiger partial charge is 0.511 e. The van der Waals surface area contributed by atoms with Crippen molar-refractivity contribution in [1.82, 2.24) is 5.16 Å². The smallest absolute Gasteiger partial charge is 0.168 e. The number of carbonyl (C=O) groups is 2. The van der Waals surface area contributed by atoms with Crippen LogP contribution in [-0.2, 0) is 17.6 Å². The molecule has 1 unspecified atom stereocenters. The maximum Gasteiger partial charge on any atom is 0.168 e. The van der Waals surface area contributed by atoms with Crippen molar-refractivity contribution in [2.75, 3.05) is 13.2 Å². The first-order valence-corrected chi connectivity index (χ1v) is 11.4. The molecular formula is C26H30N2O5. The Balaban J connectivity index is 1.56. The van der Waals surface area contributed by atoms with Crippen LogP contribution >= 0.6 is 0 Å². The van der Waals surface area contributed by atoms with E-state index in [1.54, 1.807) is 0 Å². The predicted octanol–water partition coefficient (Wildman–Crippen LogP) is 4.15. The fourth-order valence-corrected chi connectivity index (χ4v) is 4.86. The zero-order valence-electron chi connectivity index (χ0n) is 19.1. The van der Waals surface area contributed by atoms with Gasteiger partial charge in [-0.3, -0.25) is 14.6 Å². The first-order valence-electron chi connectivity index (χ1n) is 11.4. The number of rotatable bonds is 6. The summed E-state index contributed by atoms with van der Waals surface area (Å²) in [5.41, 5.74) is 2.70. The van der Waals surface area contributed by atoms with E-state index in [1.165, 1.54) is 0 Å². The number of aliphatic imine (C=N–C) groups is 1. The number of allylic oxidation sites excluding steroid dienone is 2. The van der Waals surface area contributed by atoms with Crippen molar-refractivity contribution in [3.05, 3.63) is 64.2 Å². The van der Waals surface area contributed by atoms with Crippen molar-refractivity contribution < 1.29 is 24.3 Å². The predicted molar refractivity (Wildman–Crippen MR) is 124 cm³/mol. The summed E-state index contributed by atoms with van der Waals surface area (Å²) in [7, 11) is 0. The van der Waals surface area contributed by atoms with Gasteiger partial charge in [-0.15, -0.1) is 0 Å². The summed E-state index contributed by atoms with van der Waals surface area (Å²) in [4.78, 5) is 30.1. The summed E-state index contributed by atoms with van der Waals surface area (Å²) >= 11 is 0. The molecular weight excluding hydrogens is 420 g/mol. The molecule has 1 heterocycles. The van der Waals surface area contributed by atoms with Crippen molar-refractivity contribution in [3.63, 3.8) is 0 Å². The van der Waals surface area contributed by atoms with Gasteiger partial charge < -0.3 is 14.7 Å². The van der Waals surface area contributed by atoms with Gasteiger partial charge in [-0.1, -0.05) is 49.3 Å². The number of aliphatic hydroxyl groups is 2. The van der Waals surface area contributed by atoms with Gasteiger partial charge in [-0.05, 0) is 23.3 Å². The van der Waals surface area contributed by atoms with Crippen LogP contribution in [0.5, 0.6) is 0 Å². The minimum absolute atomic E-state index is 0.00860. The SMILES string of the molecule is CC1(C)CC(=O)c2c(CC/C(O)=C3\C(=O)CC(c4ccccc4)CC3=NCCO)noc2C1. The number of hydrogen-bond donors (Lipinski definition) is 2. The van der Waals surface area contributed by atoms with Crippen LogP contribution < -0.4 is 0 Å². The van der Waals surface area contributed by atoms with Crippen LogP contribution in [0.25, 0.3) is 0 Å². The van der Waals surface area contributed by atoms with E-state index < -0.39 is 0 Å². The second kappa shape index (κ2) is 9.43. The Morgan fingerprint density at radius 2 is 1.91 bits per heavy atom. The van der Waals surface area contributed by atoms with E-state index >= 15 is 0 Å². The highest BCUT2D eigenvalue weighted by Gasteiger charge is 2.37. The molecule has 33 heavy (non-hydrogen) atoms. The van der Waals surface area contributed by atoms with E-state index in [-0.39, 0.29) is 60.2 Å². The number of aryl methyl sites for hydroxylation is 1. The fraction of sp³-hybridized carbons (Fsp3) is 0.462. The van der Waals surface area contributed by atoms with Crippen LogP contribution in [-0.4, -0.2) is 45.8 Å². The molecule has 7 heteroatoms. The number of fused-ring (bicyclic) bond motifs is 1. The monoisotopic (exact) mass is 450 g/mol. The molecule has 1 atom stereocenters. The number of nitrogens with zero attached hydrogens (tertiary/aromatic N) is 2. The van der Waals surface area contributed by atoms with Crippen LogP contribution in [0, 0.1) is 5.41 Å². The number of hydrogen-bond acceptors (Lipinski definition) is 7. The Morgan fingerprint density at radius 1 is 1.15 bits per heavy atom. The second-order valence-electron chi connectivity index (χ2n) is 9.68. The standard InChI is InChI=1S/C26H30N2O5/c1-26(2)14-22(32)25-18(28-33-23(25)15-26)8-9-20(30)24-19(27-10-11-29)12-17(13-21(24)31)16-6-4-3-5-7-16/h3-7,17,29-30H,8-15H2,1-2H3/b24-20+,27-19?. The first kappa shape index (κ1) is 23.1. The number of benzene rings is 1. The zero-order valence-corrected chi connectivity index (χ0v) is 19.1. The molecule has 7 nitrogen and oxygen atoms in total. The maximum absolute atomic E-state index is 13.1. The Hall–Kier alpha value is -3.06. The quantitative estimate of drug-likeness (QED) is 0.505. The number of aliphatic hydroxyl groups excluding tert-OH is 2. The molecule has 0 aliphatic heterocycles. The van der Waals surface area contributed by atoms with Gasteiger partial charge in [-0.2, -0.15) is 0 Å². The van der Waals surface area contributed by atoms with Crippen molar-refractivity contribution >= 4 is 17.3 Å². The van der Waals surface area contributed by atoms with Crippen LogP contribution in [0.3, 0.4) is 0 Å². The van der Waals surface area contributed by atoms with Crippen molar-refractivity contribution in [2.45, 2.75) is 58.3 Å². The van der Waals surface area contributed by atoms with E-state index in [1.807, 2.05) is 44.2 Å². The summed E-state index contributed by atoms with van der Waals surface area (Å²) < 4.78 is 5.44. The first-order chi connectivity index (χ1) is 15.8. The number of ketones is 2. The lowest BCUT2D eigenvalue weighted by molar-refractivity contribution is -0.116. The second-order valence-corrected chi connectivity index (χ2v) is 9.68. The number of aromatic nitrogens is 1. The molecule has 1 aromatic carbocycles. The highest BCUT2D eigenvalue weighted by atomic mass is 16.5. The average Bonchev–Trinajstić information content (AvgIpc) is 3.18. The molecule has 4 rings (SSSR count). The van der Waals surface area contributed by atoms with Crippen LogP contribution in [0.15, 0.2) is 51.2 Å². The molecule has 0 amide bonds. The van der Waals surface area contributed by atoms with E-state index in [2.05, 4.69) is 10.1 Å². The molecule has 1 fully saturated rings. The molecule has 1 aromatic heterocycles. The van der Waals surface area contributed by atoms with E-state index in [0.29, 0.717) is 48.4 Å². The molecule has 1 saturated carbocycles. The third-order valence-corrected chi connectivity index (χ3v) is 6.39. The van der Waals surface area contributed by atoms with Crippen LogP contribution in [0.2, 0.25) is 0 Å². The molecule has 0 spiro atoms. The van der Waals surface area contributed by atoms with Gasteiger partial charge in [-0.25, -0.2) is 0 Å². The minimum atomic E-state index is -0.163. The Morgan fingerprint density at radius 3 is 2.64 bits per heavy atom. The molecule has 0 bridgehead atoms. The molecule has 2 aliphatic carbocycles. The Bertz CT molecular complexity index is 1110. The molecule has 2 aromatic rings. The average molecular weight is 451 g/mol. The maximum atomic E-state index is 13.1. The lowest BCUT2D eigenvalue weighted by atomic mass is 9.76. The van der Waals surface area contributed by atoms with Gasteiger partial charge in [0.15, 0.2) is 11.6 Å². The number of Topliss-reactive ketones (excluding diaryl/α,β-unsaturated/α-hetero) is 2. The van der Waals surface area contributed by atoms with Crippen molar-refractivity contribution in [1.29, 1.82) is 0 Å². The Labute approximate surface area is 193 Å². The molecule has 174 valence electrons. The number of carbonyl (C=O) groups excluding carboxylic acids is 2. The zero-order chi connectivity index (χ0) is 23.6. The third-order valence-electron chi connectivity index (χ3n) is 6.39. The van der Waals surface area contributed by atoms with Gasteiger partial charge >= 0.3 is 0 Å². The van der Waals surface area contributed by atoms with Gasteiger partial charge in [0, 0.05) is 37.8 Å². The summed E-state index contributed by atoms with van der Waals surface area (Å²) in [6, 6.07) is 9.78. The molecule has 2 aliphatic rings. The topological polar surface area (TPSA) is 113 Å². The summed E-state index contributed by atoms with van der Waals surface area (Å²) in [6.45, 7) is 4.08. The summed E-state index contributed by atoms with van der Waals surface area (Å²) in [5, 5.41) is 24.2. The molecule has 2 N–H and O–H groups in total. The van der Waals surface area contributed by atoms with Gasteiger partial charge in [0.1, 0.15) is 11.5 Å². The van der Waals surface area contributed by atoms with Crippen molar-refractivity contribution in [2.24, 2.45) is 10.4 Å². The normalized spacial score (nSPS) is 23.0. The summed E-state index contributed by atoms with van der Waals surface area (Å²) in [6.07, 6.45) is 2.33. The van der Waals surface area contributed by atoms with E-state index in [4.69, 9.17) is 4.52 Å². The highest BCUT2D eigenvalue weighted by molar-refractivity contribution is 6.24. The Kier molecular flexibility index (Phi) is 6.61. The van der Waals surface area contributed by atoms with Crippen molar-refractivity contribution in [3.8, 4) is 0 Å². The lowest BCUT2D eigenvalue weighted by Crippen LogP contribution is -2.27. The van der Waals surface area contributed by atoms with Gasteiger partial charge in [0.25, 0.3) is 0 Å². The van der Waals surface area contributed by atoms with Gasteiger partial charge in [0.05, 0.1) is 30.0 Å².